The summed E-state index contributed by atoms with van der Waals surface area (Å²) in [5, 5.41) is 12.1. The Balaban J connectivity index is 1.32. The third kappa shape index (κ3) is 4.44. The summed E-state index contributed by atoms with van der Waals surface area (Å²) in [5.41, 5.74) is 3.02. The number of phenolic OH excluding ortho intramolecular Hbond substituents is 1. The minimum absolute atomic E-state index is 0.142. The SMILES string of the molecule is O=C(CN1CCN(S(=O)(=O)c2ccc3c(c2)CCC3)CC1)Nc1ccc(O)cc1. The van der Waals surface area contributed by atoms with Gasteiger partial charge in [-0.15, -0.1) is 0 Å². The average Bonchev–Trinajstić information content (AvgIpc) is 3.18. The van der Waals surface area contributed by atoms with E-state index in [4.69, 9.17) is 0 Å². The predicted molar refractivity (Wildman–Crippen MR) is 110 cm³/mol. The fraction of sp³-hybridized carbons (Fsp3) is 0.381. The van der Waals surface area contributed by atoms with E-state index in [0.29, 0.717) is 36.8 Å². The van der Waals surface area contributed by atoms with Gasteiger partial charge in [0.05, 0.1) is 11.4 Å². The lowest BCUT2D eigenvalue weighted by Crippen LogP contribution is -2.50. The normalized spacial score (nSPS) is 17.8. The van der Waals surface area contributed by atoms with E-state index in [9.17, 15) is 18.3 Å². The number of hydrogen-bond donors (Lipinski definition) is 2. The number of aromatic hydroxyl groups is 1. The average molecular weight is 416 g/mol. The molecule has 1 heterocycles. The highest BCUT2D eigenvalue weighted by atomic mass is 32.2. The molecule has 0 aromatic heterocycles. The summed E-state index contributed by atoms with van der Waals surface area (Å²) in [6, 6.07) is 11.8. The van der Waals surface area contributed by atoms with E-state index in [0.717, 1.165) is 24.8 Å². The van der Waals surface area contributed by atoms with Crippen molar-refractivity contribution in [3.8, 4) is 5.75 Å². The molecule has 1 saturated heterocycles. The molecular weight excluding hydrogens is 390 g/mol. The fourth-order valence-electron chi connectivity index (χ4n) is 3.93. The van der Waals surface area contributed by atoms with Crippen molar-refractivity contribution in [2.45, 2.75) is 24.2 Å². The number of nitrogens with zero attached hydrogens (tertiary/aromatic N) is 2. The standard InChI is InChI=1S/C21H25N3O4S/c25-19-7-5-18(6-8-19)22-21(26)15-23-10-12-24(13-11-23)29(27,28)20-9-4-16-2-1-3-17(16)14-20/h4-9,14,25H,1-3,10-13,15H2,(H,22,26). The van der Waals surface area contributed by atoms with Gasteiger partial charge in [0, 0.05) is 31.9 Å². The molecule has 2 aromatic carbocycles. The zero-order valence-corrected chi connectivity index (χ0v) is 17.0. The molecule has 0 radical (unpaired) electrons. The minimum Gasteiger partial charge on any atom is -0.508 e. The third-order valence-corrected chi connectivity index (χ3v) is 7.45. The van der Waals surface area contributed by atoms with Crippen LogP contribution in [-0.2, 0) is 27.7 Å². The molecule has 0 bridgehead atoms. The van der Waals surface area contributed by atoms with Crippen molar-refractivity contribution in [3.63, 3.8) is 0 Å². The van der Waals surface area contributed by atoms with Crippen LogP contribution in [0.1, 0.15) is 17.5 Å². The molecule has 0 spiro atoms. The number of anilines is 1. The number of aryl methyl sites for hydroxylation is 2. The van der Waals surface area contributed by atoms with Crippen molar-refractivity contribution in [1.82, 2.24) is 9.21 Å². The molecule has 2 N–H and O–H groups in total. The van der Waals surface area contributed by atoms with Crippen LogP contribution in [0.25, 0.3) is 0 Å². The molecule has 154 valence electrons. The second-order valence-corrected chi connectivity index (χ2v) is 9.50. The topological polar surface area (TPSA) is 90.0 Å². The molecule has 8 heteroatoms. The van der Waals surface area contributed by atoms with E-state index in [2.05, 4.69) is 5.32 Å². The second kappa shape index (κ2) is 8.14. The van der Waals surface area contributed by atoms with Gasteiger partial charge in [-0.05, 0) is 66.8 Å². The van der Waals surface area contributed by atoms with Crippen LogP contribution in [0.5, 0.6) is 5.75 Å². The van der Waals surface area contributed by atoms with Crippen molar-refractivity contribution in [3.05, 3.63) is 53.6 Å². The lowest BCUT2D eigenvalue weighted by molar-refractivity contribution is -0.117. The number of rotatable bonds is 5. The number of carbonyl (C=O) groups excluding carboxylic acids is 1. The first-order valence-corrected chi connectivity index (χ1v) is 11.3. The van der Waals surface area contributed by atoms with Crippen molar-refractivity contribution in [2.75, 3.05) is 38.0 Å². The summed E-state index contributed by atoms with van der Waals surface area (Å²) >= 11 is 0. The molecule has 1 fully saturated rings. The van der Waals surface area contributed by atoms with Crippen molar-refractivity contribution in [1.29, 1.82) is 0 Å². The quantitative estimate of drug-likeness (QED) is 0.727. The number of hydrogen-bond acceptors (Lipinski definition) is 5. The summed E-state index contributed by atoms with van der Waals surface area (Å²) in [6.07, 6.45) is 3.06. The predicted octanol–water partition coefficient (Wildman–Crippen LogP) is 1.83. The zero-order chi connectivity index (χ0) is 20.4. The number of nitrogens with one attached hydrogen (secondary N) is 1. The van der Waals surface area contributed by atoms with E-state index in [1.807, 2.05) is 17.0 Å². The molecule has 1 aliphatic carbocycles. The number of amides is 1. The van der Waals surface area contributed by atoms with Gasteiger partial charge in [-0.3, -0.25) is 9.69 Å². The van der Waals surface area contributed by atoms with Gasteiger partial charge in [-0.2, -0.15) is 4.31 Å². The van der Waals surface area contributed by atoms with Gasteiger partial charge in [-0.1, -0.05) is 6.07 Å². The molecule has 0 unspecified atom stereocenters. The highest BCUT2D eigenvalue weighted by molar-refractivity contribution is 7.89. The monoisotopic (exact) mass is 415 g/mol. The molecule has 7 nitrogen and oxygen atoms in total. The second-order valence-electron chi connectivity index (χ2n) is 7.56. The summed E-state index contributed by atoms with van der Waals surface area (Å²) in [7, 11) is -3.51. The highest BCUT2D eigenvalue weighted by Gasteiger charge is 2.29. The Morgan fingerprint density at radius 3 is 2.38 bits per heavy atom. The Bertz CT molecular complexity index is 997. The molecule has 1 aliphatic heterocycles. The first-order chi connectivity index (χ1) is 13.9. The summed E-state index contributed by atoms with van der Waals surface area (Å²) in [6.45, 7) is 1.95. The fourth-order valence-corrected chi connectivity index (χ4v) is 5.41. The van der Waals surface area contributed by atoms with Gasteiger partial charge in [0.2, 0.25) is 15.9 Å². The Morgan fingerprint density at radius 1 is 0.966 bits per heavy atom. The molecule has 2 aromatic rings. The van der Waals surface area contributed by atoms with Crippen LogP contribution < -0.4 is 5.32 Å². The van der Waals surface area contributed by atoms with Crippen molar-refractivity contribution in [2.24, 2.45) is 0 Å². The smallest absolute Gasteiger partial charge is 0.243 e. The van der Waals surface area contributed by atoms with Crippen molar-refractivity contribution >= 4 is 21.6 Å². The van der Waals surface area contributed by atoms with Crippen LogP contribution in [0, 0.1) is 0 Å². The molecule has 2 aliphatic rings. The summed E-state index contributed by atoms with van der Waals surface area (Å²) in [5.74, 6) is -0.0191. The zero-order valence-electron chi connectivity index (χ0n) is 16.2. The lowest BCUT2D eigenvalue weighted by Gasteiger charge is -2.33. The van der Waals surface area contributed by atoms with Crippen LogP contribution in [-0.4, -0.2) is 61.4 Å². The Kier molecular flexibility index (Phi) is 5.58. The number of fused-ring (bicyclic) bond motifs is 1. The molecule has 0 atom stereocenters. The first-order valence-electron chi connectivity index (χ1n) is 9.85. The largest absolute Gasteiger partial charge is 0.508 e. The first kappa shape index (κ1) is 19.9. The molecule has 4 rings (SSSR count). The minimum atomic E-state index is -3.51. The van der Waals surface area contributed by atoms with Crippen LogP contribution >= 0.6 is 0 Å². The van der Waals surface area contributed by atoms with E-state index in [1.54, 1.807) is 18.2 Å². The number of sulfonamides is 1. The lowest BCUT2D eigenvalue weighted by atomic mass is 10.1. The molecule has 29 heavy (non-hydrogen) atoms. The molecule has 0 saturated carbocycles. The maximum atomic E-state index is 13.0. The van der Waals surface area contributed by atoms with Crippen LogP contribution in [0.2, 0.25) is 0 Å². The van der Waals surface area contributed by atoms with Gasteiger partial charge in [0.25, 0.3) is 0 Å². The van der Waals surface area contributed by atoms with Crippen LogP contribution in [0.15, 0.2) is 47.4 Å². The Labute approximate surface area is 171 Å². The maximum Gasteiger partial charge on any atom is 0.243 e. The van der Waals surface area contributed by atoms with Gasteiger partial charge < -0.3 is 10.4 Å². The third-order valence-electron chi connectivity index (χ3n) is 5.56. The highest BCUT2D eigenvalue weighted by Crippen LogP contribution is 2.26. The van der Waals surface area contributed by atoms with E-state index < -0.39 is 10.0 Å². The summed E-state index contributed by atoms with van der Waals surface area (Å²) in [4.78, 5) is 14.5. The molecule has 1 amide bonds. The maximum absolute atomic E-state index is 13.0. The van der Waals surface area contributed by atoms with E-state index >= 15 is 0 Å². The van der Waals surface area contributed by atoms with Gasteiger partial charge in [0.1, 0.15) is 5.75 Å². The number of piperazine rings is 1. The number of phenols is 1. The van der Waals surface area contributed by atoms with Crippen molar-refractivity contribution < 1.29 is 18.3 Å². The van der Waals surface area contributed by atoms with E-state index in [1.165, 1.54) is 22.0 Å². The van der Waals surface area contributed by atoms with Gasteiger partial charge in [-0.25, -0.2) is 8.42 Å². The Hall–Kier alpha value is -2.42. The Morgan fingerprint density at radius 2 is 1.66 bits per heavy atom. The summed E-state index contributed by atoms with van der Waals surface area (Å²) < 4.78 is 27.5. The molecular formula is C21H25N3O4S. The van der Waals surface area contributed by atoms with Gasteiger partial charge >= 0.3 is 0 Å². The number of carbonyl (C=O) groups is 1. The number of benzene rings is 2. The van der Waals surface area contributed by atoms with Crippen LogP contribution in [0.3, 0.4) is 0 Å². The van der Waals surface area contributed by atoms with Gasteiger partial charge in [0.15, 0.2) is 0 Å². The van der Waals surface area contributed by atoms with E-state index in [-0.39, 0.29) is 18.2 Å². The van der Waals surface area contributed by atoms with Crippen LogP contribution in [0.4, 0.5) is 5.69 Å².